The number of nitrogens with zero attached hydrogens (tertiary/aromatic N) is 3. The second-order valence-corrected chi connectivity index (χ2v) is 1.81. The van der Waals surface area contributed by atoms with Gasteiger partial charge >= 0.3 is 0 Å². The van der Waals surface area contributed by atoms with E-state index in [9.17, 15) is 0 Å². The summed E-state index contributed by atoms with van der Waals surface area (Å²) in [6.45, 7) is 0.676. The lowest BCUT2D eigenvalue weighted by Gasteiger charge is -1.97. The molecule has 1 rings (SSSR count). The molecule has 4 nitrogen and oxygen atoms in total. The zero-order valence-corrected chi connectivity index (χ0v) is 4.77. The normalized spacial score (nSPS) is 21.6. The molecule has 1 heterocycles. The predicted molar refractivity (Wildman–Crippen MR) is 25.8 cm³/mol. The minimum absolute atomic E-state index is 0.676. The summed E-state index contributed by atoms with van der Waals surface area (Å²) in [6, 6.07) is 0. The number of hydrogen-bond acceptors (Lipinski definition) is 4. The van der Waals surface area contributed by atoms with E-state index in [4.69, 9.17) is 0 Å². The third kappa shape index (κ3) is 0.971. The smallest absolute Gasteiger partial charge is 0.177 e. The Morgan fingerprint density at radius 1 is 2.00 bits per heavy atom. The molecule has 0 aromatic heterocycles. The van der Waals surface area contributed by atoms with E-state index in [1.807, 2.05) is 7.05 Å². The van der Waals surface area contributed by atoms with E-state index in [1.54, 1.807) is 5.01 Å². The van der Waals surface area contributed by atoms with Gasteiger partial charge in [0.15, 0.2) is 6.67 Å². The second-order valence-electron chi connectivity index (χ2n) is 1.39. The highest BCUT2D eigenvalue weighted by Crippen LogP contribution is 1.84. The second kappa shape index (κ2) is 1.59. The zero-order valence-electron chi connectivity index (χ0n) is 3.96. The van der Waals surface area contributed by atoms with Crippen LogP contribution in [0.1, 0.15) is 0 Å². The van der Waals surface area contributed by atoms with Crippen LogP contribution in [-0.4, -0.2) is 22.8 Å². The number of nitrogens with one attached hydrogen (secondary N) is 1. The summed E-state index contributed by atoms with van der Waals surface area (Å²) < 4.78 is 1.40. The maximum atomic E-state index is 4.64. The highest BCUT2D eigenvalue weighted by Gasteiger charge is 2.06. The number of hydrazine groups is 1. The molecular formula is C2H6N4S. The Bertz CT molecular complexity index is 99.9. The van der Waals surface area contributed by atoms with E-state index >= 15 is 0 Å². The van der Waals surface area contributed by atoms with E-state index in [1.165, 1.54) is 4.10 Å². The van der Waals surface area contributed by atoms with Crippen LogP contribution >= 0.6 is 0 Å². The van der Waals surface area contributed by atoms with Gasteiger partial charge in [-0.05, 0) is 0 Å². The van der Waals surface area contributed by atoms with Crippen LogP contribution in [-0.2, 0) is 12.8 Å². The van der Waals surface area contributed by atoms with E-state index in [2.05, 4.69) is 23.6 Å². The number of hydrogen-bond donors (Lipinski definition) is 1. The SMILES string of the molecule is CN1C[N+]([S-])=NN1. The molecule has 0 bridgehead atoms. The van der Waals surface area contributed by atoms with E-state index in [0.29, 0.717) is 6.67 Å². The van der Waals surface area contributed by atoms with Crippen molar-refractivity contribution in [1.82, 2.24) is 10.5 Å². The molecule has 0 fully saturated rings. The summed E-state index contributed by atoms with van der Waals surface area (Å²) in [5.41, 5.74) is 2.65. The summed E-state index contributed by atoms with van der Waals surface area (Å²) in [5.74, 6) is 0. The molecule has 0 saturated heterocycles. The van der Waals surface area contributed by atoms with E-state index < -0.39 is 0 Å². The fraction of sp³-hybridized carbons (Fsp3) is 1.00. The average Bonchev–Trinajstić information content (AvgIpc) is 1.87. The van der Waals surface area contributed by atoms with Crippen LogP contribution in [0.4, 0.5) is 0 Å². The lowest BCUT2D eigenvalue weighted by Crippen LogP contribution is -2.25. The first-order chi connectivity index (χ1) is 3.29. The summed E-state index contributed by atoms with van der Waals surface area (Å²) >= 11 is 4.64. The molecule has 40 valence electrons. The van der Waals surface area contributed by atoms with Crippen LogP contribution in [0.5, 0.6) is 0 Å². The van der Waals surface area contributed by atoms with Crippen molar-refractivity contribution in [1.29, 1.82) is 0 Å². The minimum Gasteiger partial charge on any atom is -0.532 e. The van der Waals surface area contributed by atoms with Crippen molar-refractivity contribution < 1.29 is 4.10 Å². The van der Waals surface area contributed by atoms with Crippen molar-refractivity contribution in [3.63, 3.8) is 0 Å². The maximum Gasteiger partial charge on any atom is 0.177 e. The fourth-order valence-electron chi connectivity index (χ4n) is 0.371. The van der Waals surface area contributed by atoms with Gasteiger partial charge in [0.05, 0.1) is 5.22 Å². The third-order valence-electron chi connectivity index (χ3n) is 0.660. The van der Waals surface area contributed by atoms with Crippen molar-refractivity contribution in [3.05, 3.63) is 0 Å². The van der Waals surface area contributed by atoms with Gasteiger partial charge < -0.3 is 12.8 Å². The largest absolute Gasteiger partial charge is 0.532 e. The van der Waals surface area contributed by atoms with Crippen molar-refractivity contribution >= 4 is 12.8 Å². The van der Waals surface area contributed by atoms with Gasteiger partial charge in [-0.1, -0.05) is 10.5 Å². The first-order valence-corrected chi connectivity index (χ1v) is 2.27. The van der Waals surface area contributed by atoms with E-state index in [0.717, 1.165) is 0 Å². The molecule has 0 amide bonds. The summed E-state index contributed by atoms with van der Waals surface area (Å²) in [5, 5.41) is 5.43. The van der Waals surface area contributed by atoms with Gasteiger partial charge in [-0.25, -0.2) is 0 Å². The van der Waals surface area contributed by atoms with Crippen molar-refractivity contribution in [2.24, 2.45) is 5.22 Å². The van der Waals surface area contributed by atoms with Crippen LogP contribution in [0.15, 0.2) is 5.22 Å². The molecule has 0 spiro atoms. The Morgan fingerprint density at radius 3 is 2.86 bits per heavy atom. The highest BCUT2D eigenvalue weighted by atomic mass is 32.1. The van der Waals surface area contributed by atoms with Crippen molar-refractivity contribution in [2.75, 3.05) is 13.7 Å². The molecule has 0 radical (unpaired) electrons. The van der Waals surface area contributed by atoms with Crippen LogP contribution in [0.3, 0.4) is 0 Å². The lowest BCUT2D eigenvalue weighted by atomic mass is 11.0. The Hall–Kier alpha value is -0.420. The van der Waals surface area contributed by atoms with Gasteiger partial charge in [0.1, 0.15) is 0 Å². The van der Waals surface area contributed by atoms with Crippen molar-refractivity contribution in [3.8, 4) is 0 Å². The molecular weight excluding hydrogens is 112 g/mol. The minimum atomic E-state index is 0.676. The fourth-order valence-corrected chi connectivity index (χ4v) is 0.581. The monoisotopic (exact) mass is 118 g/mol. The molecule has 0 saturated carbocycles. The van der Waals surface area contributed by atoms with Gasteiger partial charge in [-0.2, -0.15) is 0 Å². The topological polar surface area (TPSA) is 30.6 Å². The first kappa shape index (κ1) is 4.73. The molecule has 0 aliphatic carbocycles. The molecule has 1 N–H and O–H groups in total. The zero-order chi connectivity index (χ0) is 5.28. The molecule has 0 aromatic rings. The molecule has 0 atom stereocenters. The van der Waals surface area contributed by atoms with Gasteiger partial charge in [0.2, 0.25) is 0 Å². The molecule has 1 aliphatic rings. The van der Waals surface area contributed by atoms with Gasteiger partial charge in [0.25, 0.3) is 0 Å². The molecule has 0 aromatic carbocycles. The first-order valence-electron chi connectivity index (χ1n) is 1.91. The quantitative estimate of drug-likeness (QED) is 0.335. The molecule has 7 heavy (non-hydrogen) atoms. The Balaban J connectivity index is 2.42. The predicted octanol–water partition coefficient (Wildman–Crippen LogP) is -0.765. The summed E-state index contributed by atoms with van der Waals surface area (Å²) in [4.78, 5) is 0. The third-order valence-corrected chi connectivity index (χ3v) is 0.857. The maximum absolute atomic E-state index is 4.64. The molecule has 5 heteroatoms. The van der Waals surface area contributed by atoms with Crippen LogP contribution in [0.25, 0.3) is 0 Å². The average molecular weight is 118 g/mol. The Morgan fingerprint density at radius 2 is 2.71 bits per heavy atom. The van der Waals surface area contributed by atoms with Gasteiger partial charge in [-0.3, -0.25) is 4.10 Å². The molecule has 0 unspecified atom stereocenters. The van der Waals surface area contributed by atoms with E-state index in [-0.39, 0.29) is 0 Å². The standard InChI is InChI=1S/C2H6N4S/c1-5-2-6(7)4-3-5/h3H,2H2,1H3. The van der Waals surface area contributed by atoms with Crippen LogP contribution in [0.2, 0.25) is 0 Å². The Labute approximate surface area is 47.3 Å². The molecule has 1 aliphatic heterocycles. The van der Waals surface area contributed by atoms with Gasteiger partial charge in [0, 0.05) is 7.05 Å². The summed E-state index contributed by atoms with van der Waals surface area (Å²) in [7, 11) is 1.87. The number of rotatable bonds is 0. The van der Waals surface area contributed by atoms with Crippen molar-refractivity contribution in [2.45, 2.75) is 0 Å². The Kier molecular flexibility index (Phi) is 1.07. The van der Waals surface area contributed by atoms with Gasteiger partial charge in [-0.15, -0.1) is 0 Å². The highest BCUT2D eigenvalue weighted by molar-refractivity contribution is 7.51. The lowest BCUT2D eigenvalue weighted by molar-refractivity contribution is -0.421. The summed E-state index contributed by atoms with van der Waals surface area (Å²) in [6.07, 6.45) is 0. The van der Waals surface area contributed by atoms with Crippen LogP contribution in [0, 0.1) is 0 Å². The van der Waals surface area contributed by atoms with Crippen LogP contribution < -0.4 is 5.53 Å².